The summed E-state index contributed by atoms with van der Waals surface area (Å²) in [5.41, 5.74) is 1.30. The van der Waals surface area contributed by atoms with Crippen molar-refractivity contribution in [3.63, 3.8) is 0 Å². The van der Waals surface area contributed by atoms with Crippen molar-refractivity contribution in [2.45, 2.75) is 51.1 Å². The molecule has 0 unspecified atom stereocenters. The zero-order valence-corrected chi connectivity index (χ0v) is 8.76. The predicted molar refractivity (Wildman–Crippen MR) is 59.1 cm³/mol. The number of H-pyrrole nitrogens is 1. The molecule has 1 aromatic heterocycles. The van der Waals surface area contributed by atoms with Crippen molar-refractivity contribution in [2.24, 2.45) is 0 Å². The predicted octanol–water partition coefficient (Wildman–Crippen LogP) is 2.83. The van der Waals surface area contributed by atoms with Crippen LogP contribution in [-0.4, -0.2) is 11.0 Å². The maximum Gasteiger partial charge on any atom is 0.0359 e. The highest BCUT2D eigenvalue weighted by Gasteiger charge is 2.10. The Labute approximate surface area is 86.1 Å². The van der Waals surface area contributed by atoms with Gasteiger partial charge in [0.05, 0.1) is 0 Å². The van der Waals surface area contributed by atoms with Gasteiger partial charge in [-0.3, -0.25) is 0 Å². The van der Waals surface area contributed by atoms with Crippen LogP contribution in [0.5, 0.6) is 0 Å². The molecule has 78 valence electrons. The van der Waals surface area contributed by atoms with Gasteiger partial charge >= 0.3 is 0 Å². The highest BCUT2D eigenvalue weighted by Crippen LogP contribution is 2.17. The highest BCUT2D eigenvalue weighted by molar-refractivity contribution is 5.03. The van der Waals surface area contributed by atoms with E-state index in [1.165, 1.54) is 44.2 Å². The molecule has 0 aliphatic heterocycles. The Morgan fingerprint density at radius 2 is 2.00 bits per heavy atom. The van der Waals surface area contributed by atoms with Crippen molar-refractivity contribution in [3.8, 4) is 0 Å². The minimum Gasteiger partial charge on any atom is -0.364 e. The smallest absolute Gasteiger partial charge is 0.0359 e. The van der Waals surface area contributed by atoms with Gasteiger partial charge in [0, 0.05) is 24.5 Å². The number of hydrogen-bond donors (Lipinski definition) is 2. The minimum absolute atomic E-state index is 0.751. The molecule has 0 radical (unpaired) electrons. The molecular formula is C12H20N2. The van der Waals surface area contributed by atoms with Crippen LogP contribution in [0.3, 0.4) is 0 Å². The van der Waals surface area contributed by atoms with Gasteiger partial charge in [0.25, 0.3) is 0 Å². The minimum atomic E-state index is 0.751. The van der Waals surface area contributed by atoms with Crippen LogP contribution in [0, 0.1) is 0 Å². The Morgan fingerprint density at radius 1 is 1.21 bits per heavy atom. The molecule has 1 aliphatic rings. The SMILES string of the molecule is c1c[nH]c(CNC2CCCCCC2)c1. The van der Waals surface area contributed by atoms with E-state index in [-0.39, 0.29) is 0 Å². The highest BCUT2D eigenvalue weighted by atomic mass is 14.9. The van der Waals surface area contributed by atoms with Crippen LogP contribution in [0.2, 0.25) is 0 Å². The van der Waals surface area contributed by atoms with E-state index in [9.17, 15) is 0 Å². The lowest BCUT2D eigenvalue weighted by atomic mass is 10.1. The summed E-state index contributed by atoms with van der Waals surface area (Å²) in [7, 11) is 0. The van der Waals surface area contributed by atoms with Gasteiger partial charge in [-0.05, 0) is 25.0 Å². The largest absolute Gasteiger partial charge is 0.364 e. The summed E-state index contributed by atoms with van der Waals surface area (Å²) in [6.45, 7) is 0.998. The molecule has 14 heavy (non-hydrogen) atoms. The Kier molecular flexibility index (Phi) is 3.64. The van der Waals surface area contributed by atoms with Crippen LogP contribution in [0.1, 0.15) is 44.2 Å². The maximum atomic E-state index is 3.63. The van der Waals surface area contributed by atoms with E-state index in [1.54, 1.807) is 0 Å². The molecule has 0 spiro atoms. The molecule has 1 aromatic rings. The fourth-order valence-electron chi connectivity index (χ4n) is 2.22. The van der Waals surface area contributed by atoms with Gasteiger partial charge in [-0.2, -0.15) is 0 Å². The van der Waals surface area contributed by atoms with Crippen molar-refractivity contribution >= 4 is 0 Å². The van der Waals surface area contributed by atoms with E-state index in [1.807, 2.05) is 6.20 Å². The zero-order valence-electron chi connectivity index (χ0n) is 8.76. The zero-order chi connectivity index (χ0) is 9.64. The molecule has 0 aromatic carbocycles. The first-order valence-electron chi connectivity index (χ1n) is 5.81. The van der Waals surface area contributed by atoms with Gasteiger partial charge in [0.1, 0.15) is 0 Å². The third-order valence-corrected chi connectivity index (χ3v) is 3.10. The van der Waals surface area contributed by atoms with Crippen LogP contribution < -0.4 is 5.32 Å². The molecule has 2 heteroatoms. The van der Waals surface area contributed by atoms with Crippen molar-refractivity contribution in [2.75, 3.05) is 0 Å². The summed E-state index contributed by atoms with van der Waals surface area (Å²) < 4.78 is 0. The van der Waals surface area contributed by atoms with E-state index < -0.39 is 0 Å². The maximum absolute atomic E-state index is 3.63. The number of nitrogens with one attached hydrogen (secondary N) is 2. The second-order valence-corrected chi connectivity index (χ2v) is 4.26. The summed E-state index contributed by atoms with van der Waals surface area (Å²) in [4.78, 5) is 3.23. The number of aromatic nitrogens is 1. The van der Waals surface area contributed by atoms with Crippen molar-refractivity contribution in [3.05, 3.63) is 24.0 Å². The first-order valence-corrected chi connectivity index (χ1v) is 5.81. The fourth-order valence-corrected chi connectivity index (χ4v) is 2.22. The third-order valence-electron chi connectivity index (χ3n) is 3.10. The van der Waals surface area contributed by atoms with E-state index in [0.717, 1.165) is 12.6 Å². The second-order valence-electron chi connectivity index (χ2n) is 4.26. The molecule has 2 N–H and O–H groups in total. The summed E-state index contributed by atoms with van der Waals surface area (Å²) in [6.07, 6.45) is 10.4. The van der Waals surface area contributed by atoms with Crippen LogP contribution in [0.25, 0.3) is 0 Å². The Balaban J connectivity index is 1.73. The van der Waals surface area contributed by atoms with Crippen molar-refractivity contribution in [1.82, 2.24) is 10.3 Å². The lowest BCUT2D eigenvalue weighted by molar-refractivity contribution is 0.456. The number of rotatable bonds is 3. The van der Waals surface area contributed by atoms with Crippen LogP contribution in [-0.2, 0) is 6.54 Å². The van der Waals surface area contributed by atoms with Crippen LogP contribution >= 0.6 is 0 Å². The van der Waals surface area contributed by atoms with Crippen molar-refractivity contribution < 1.29 is 0 Å². The molecule has 1 fully saturated rings. The molecule has 2 rings (SSSR count). The first kappa shape index (κ1) is 9.78. The molecular weight excluding hydrogens is 172 g/mol. The molecule has 0 bridgehead atoms. The lowest BCUT2D eigenvalue weighted by Gasteiger charge is -2.15. The summed E-state index contributed by atoms with van der Waals surface area (Å²) in [5, 5.41) is 3.63. The van der Waals surface area contributed by atoms with E-state index in [2.05, 4.69) is 22.4 Å². The van der Waals surface area contributed by atoms with E-state index >= 15 is 0 Å². The average molecular weight is 192 g/mol. The van der Waals surface area contributed by atoms with Gasteiger partial charge < -0.3 is 10.3 Å². The third kappa shape index (κ3) is 2.88. The van der Waals surface area contributed by atoms with E-state index in [4.69, 9.17) is 0 Å². The van der Waals surface area contributed by atoms with Gasteiger partial charge in [-0.1, -0.05) is 25.7 Å². The Morgan fingerprint density at radius 3 is 2.64 bits per heavy atom. The van der Waals surface area contributed by atoms with Gasteiger partial charge in [0.2, 0.25) is 0 Å². The standard InChI is InChI=1S/C12H20N2/c1-2-4-7-11(6-3-1)14-10-12-8-5-9-13-12/h5,8-9,11,13-14H,1-4,6-7,10H2. The number of hydrogen-bond acceptors (Lipinski definition) is 1. The topological polar surface area (TPSA) is 27.8 Å². The van der Waals surface area contributed by atoms with Gasteiger partial charge in [0.15, 0.2) is 0 Å². The molecule has 0 saturated heterocycles. The quantitative estimate of drug-likeness (QED) is 0.708. The fraction of sp³-hybridized carbons (Fsp3) is 0.667. The summed E-state index contributed by atoms with van der Waals surface area (Å²) in [5.74, 6) is 0. The summed E-state index contributed by atoms with van der Waals surface area (Å²) in [6, 6.07) is 4.95. The Hall–Kier alpha value is -0.760. The second kappa shape index (κ2) is 5.20. The van der Waals surface area contributed by atoms with Crippen molar-refractivity contribution in [1.29, 1.82) is 0 Å². The van der Waals surface area contributed by atoms with Gasteiger partial charge in [-0.25, -0.2) is 0 Å². The molecule has 2 nitrogen and oxygen atoms in total. The summed E-state index contributed by atoms with van der Waals surface area (Å²) >= 11 is 0. The molecule has 1 saturated carbocycles. The molecule has 1 aliphatic carbocycles. The van der Waals surface area contributed by atoms with Crippen LogP contribution in [0.15, 0.2) is 18.3 Å². The molecule has 1 heterocycles. The normalized spacial score (nSPS) is 19.4. The average Bonchev–Trinajstić information content (AvgIpc) is 2.58. The number of aromatic amines is 1. The molecule has 0 atom stereocenters. The van der Waals surface area contributed by atoms with Gasteiger partial charge in [-0.15, -0.1) is 0 Å². The molecule has 0 amide bonds. The van der Waals surface area contributed by atoms with E-state index in [0.29, 0.717) is 0 Å². The monoisotopic (exact) mass is 192 g/mol. The van der Waals surface area contributed by atoms with Crippen LogP contribution in [0.4, 0.5) is 0 Å². The Bertz CT molecular complexity index is 233. The first-order chi connectivity index (χ1) is 6.95. The lowest BCUT2D eigenvalue weighted by Crippen LogP contribution is -2.27.